The van der Waals surface area contributed by atoms with E-state index in [-0.39, 0.29) is 23.7 Å². The summed E-state index contributed by atoms with van der Waals surface area (Å²) in [7, 11) is -4.66. The Labute approximate surface area is 133 Å². The molecule has 0 spiro atoms. The summed E-state index contributed by atoms with van der Waals surface area (Å²) in [4.78, 5) is 13.0. The molecule has 0 radical (unpaired) electrons. The van der Waals surface area contributed by atoms with Crippen molar-refractivity contribution in [2.24, 2.45) is 5.92 Å². The number of carbonyl (C=O) groups excluding carboxylic acids is 1. The van der Waals surface area contributed by atoms with E-state index in [2.05, 4.69) is 0 Å². The molecule has 0 N–H and O–H groups in total. The summed E-state index contributed by atoms with van der Waals surface area (Å²) < 4.78 is 48.3. The van der Waals surface area contributed by atoms with Crippen molar-refractivity contribution < 1.29 is 21.5 Å². The highest BCUT2D eigenvalue weighted by Crippen LogP contribution is 2.34. The summed E-state index contributed by atoms with van der Waals surface area (Å²) in [5, 5.41) is 0.199. The fraction of sp³-hybridized carbons (Fsp3) is 0.364. The van der Waals surface area contributed by atoms with Crippen molar-refractivity contribution in [3.8, 4) is 0 Å². The Morgan fingerprint density at radius 1 is 1.45 bits per heavy atom. The molecule has 9 heteroatoms. The van der Waals surface area contributed by atoms with Gasteiger partial charge in [0.05, 0.1) is 11.4 Å². The van der Waals surface area contributed by atoms with Crippen LogP contribution in [0.25, 0.3) is 0 Å². The minimum atomic E-state index is -4.66. The first kappa shape index (κ1) is 15.9. The number of nitrogens with zero attached hydrogens (tertiary/aromatic N) is 1. The number of hydrogen-bond acceptors (Lipinski definition) is 3. The molecule has 110 valence electrons. The van der Waals surface area contributed by atoms with Crippen LogP contribution >= 0.6 is 34.2 Å². The SMILES string of the molecule is O=C1CC(CS(=O)(=O)F)CN1c1c(F)cc(Cl)cc1I. The van der Waals surface area contributed by atoms with E-state index in [9.17, 15) is 21.5 Å². The Hall–Kier alpha value is -0.480. The first-order chi connectivity index (χ1) is 9.17. The molecule has 1 fully saturated rings. The summed E-state index contributed by atoms with van der Waals surface area (Å²) in [6.07, 6.45) is -0.124. The van der Waals surface area contributed by atoms with Gasteiger partial charge in [-0.25, -0.2) is 4.39 Å². The molecule has 1 aliphatic heterocycles. The van der Waals surface area contributed by atoms with Gasteiger partial charge in [0.25, 0.3) is 0 Å². The number of hydrogen-bond donors (Lipinski definition) is 0. The van der Waals surface area contributed by atoms with Crippen molar-refractivity contribution in [1.82, 2.24) is 0 Å². The largest absolute Gasteiger partial charge is 0.308 e. The van der Waals surface area contributed by atoms with Gasteiger partial charge in [0.15, 0.2) is 0 Å². The van der Waals surface area contributed by atoms with Crippen molar-refractivity contribution >= 4 is 56.0 Å². The average Bonchev–Trinajstić information content (AvgIpc) is 2.55. The zero-order valence-electron chi connectivity index (χ0n) is 9.95. The van der Waals surface area contributed by atoms with E-state index in [1.807, 2.05) is 22.6 Å². The number of carbonyl (C=O) groups is 1. The predicted molar refractivity (Wildman–Crippen MR) is 79.5 cm³/mol. The van der Waals surface area contributed by atoms with Crippen LogP contribution in [0.3, 0.4) is 0 Å². The molecule has 1 aromatic carbocycles. The molecule has 0 aliphatic carbocycles. The van der Waals surface area contributed by atoms with Gasteiger partial charge in [0, 0.05) is 27.5 Å². The van der Waals surface area contributed by atoms with Crippen LogP contribution in [0.15, 0.2) is 12.1 Å². The second-order valence-corrected chi connectivity index (χ2v) is 7.51. The van der Waals surface area contributed by atoms with Crippen LogP contribution in [0.5, 0.6) is 0 Å². The van der Waals surface area contributed by atoms with E-state index >= 15 is 0 Å². The van der Waals surface area contributed by atoms with E-state index in [4.69, 9.17) is 11.6 Å². The number of halogens is 4. The topological polar surface area (TPSA) is 54.5 Å². The third-order valence-electron chi connectivity index (χ3n) is 2.89. The van der Waals surface area contributed by atoms with E-state index in [1.54, 1.807) is 0 Å². The summed E-state index contributed by atoms with van der Waals surface area (Å²) in [5.74, 6) is -2.51. The molecular weight excluding hydrogens is 427 g/mol. The normalized spacial score (nSPS) is 19.7. The Kier molecular flexibility index (Phi) is 4.55. The van der Waals surface area contributed by atoms with Crippen LogP contribution in [0.1, 0.15) is 6.42 Å². The van der Waals surface area contributed by atoms with Crippen LogP contribution in [0.2, 0.25) is 5.02 Å². The second-order valence-electron chi connectivity index (χ2n) is 4.50. The average molecular weight is 436 g/mol. The first-order valence-corrected chi connectivity index (χ1v) is 8.55. The molecule has 0 bridgehead atoms. The summed E-state index contributed by atoms with van der Waals surface area (Å²) in [5.41, 5.74) is 0.0544. The molecule has 1 unspecified atom stereocenters. The number of benzene rings is 1. The standard InChI is InChI=1S/C11H9ClF2INO3S/c12-7-2-8(13)11(9(15)3-7)16-4-6(1-10(16)17)5-20(14,18)19/h2-3,6H,1,4-5H2. The van der Waals surface area contributed by atoms with Crippen LogP contribution in [0.4, 0.5) is 14.0 Å². The minimum absolute atomic E-state index is 0.0312. The van der Waals surface area contributed by atoms with Crippen LogP contribution < -0.4 is 4.90 Å². The Morgan fingerprint density at radius 2 is 2.10 bits per heavy atom. The van der Waals surface area contributed by atoms with Gasteiger partial charge in [-0.3, -0.25) is 4.79 Å². The van der Waals surface area contributed by atoms with Gasteiger partial charge < -0.3 is 4.90 Å². The lowest BCUT2D eigenvalue weighted by Gasteiger charge is -2.19. The van der Waals surface area contributed by atoms with Crippen molar-refractivity contribution in [2.45, 2.75) is 6.42 Å². The van der Waals surface area contributed by atoms with Gasteiger partial charge in [-0.2, -0.15) is 8.42 Å². The van der Waals surface area contributed by atoms with Crippen LogP contribution in [-0.4, -0.2) is 26.6 Å². The Balaban J connectivity index is 2.29. The summed E-state index contributed by atoms with van der Waals surface area (Å²) >= 11 is 7.54. The quantitative estimate of drug-likeness (QED) is 0.542. The fourth-order valence-corrected chi connectivity index (χ4v) is 4.24. The van der Waals surface area contributed by atoms with E-state index in [0.717, 1.165) is 11.0 Å². The number of rotatable bonds is 3. The van der Waals surface area contributed by atoms with Gasteiger partial charge in [0.1, 0.15) is 5.82 Å². The maximum absolute atomic E-state index is 13.9. The molecule has 20 heavy (non-hydrogen) atoms. The van der Waals surface area contributed by atoms with E-state index in [1.165, 1.54) is 6.07 Å². The molecule has 1 saturated heterocycles. The first-order valence-electron chi connectivity index (χ1n) is 5.54. The van der Waals surface area contributed by atoms with Gasteiger partial charge in [-0.05, 0) is 34.7 Å². The molecular formula is C11H9ClF2INO3S. The predicted octanol–water partition coefficient (Wildman–Crippen LogP) is 2.74. The zero-order valence-corrected chi connectivity index (χ0v) is 13.7. The Morgan fingerprint density at radius 3 is 2.65 bits per heavy atom. The van der Waals surface area contributed by atoms with Crippen molar-refractivity contribution in [3.63, 3.8) is 0 Å². The molecule has 4 nitrogen and oxygen atoms in total. The molecule has 0 saturated carbocycles. The maximum Gasteiger partial charge on any atom is 0.302 e. The van der Waals surface area contributed by atoms with Crippen molar-refractivity contribution in [1.29, 1.82) is 0 Å². The lowest BCUT2D eigenvalue weighted by Crippen LogP contribution is -2.27. The van der Waals surface area contributed by atoms with E-state index < -0.39 is 33.6 Å². The highest BCUT2D eigenvalue weighted by Gasteiger charge is 2.35. The fourth-order valence-electron chi connectivity index (χ4n) is 2.18. The monoisotopic (exact) mass is 435 g/mol. The second kappa shape index (κ2) is 5.72. The lowest BCUT2D eigenvalue weighted by molar-refractivity contribution is -0.117. The smallest absolute Gasteiger partial charge is 0.302 e. The third-order valence-corrected chi connectivity index (χ3v) is 4.80. The Bertz CT molecular complexity index is 645. The molecule has 0 aromatic heterocycles. The van der Waals surface area contributed by atoms with Gasteiger partial charge in [-0.1, -0.05) is 11.6 Å². The van der Waals surface area contributed by atoms with Gasteiger partial charge in [0.2, 0.25) is 5.91 Å². The summed E-state index contributed by atoms with van der Waals surface area (Å²) in [6, 6.07) is 2.57. The van der Waals surface area contributed by atoms with Gasteiger partial charge >= 0.3 is 10.2 Å². The highest BCUT2D eigenvalue weighted by molar-refractivity contribution is 14.1. The maximum atomic E-state index is 13.9. The number of anilines is 1. The molecule has 1 heterocycles. The van der Waals surface area contributed by atoms with Crippen LogP contribution in [-0.2, 0) is 15.0 Å². The minimum Gasteiger partial charge on any atom is -0.308 e. The lowest BCUT2D eigenvalue weighted by atomic mass is 10.1. The van der Waals surface area contributed by atoms with Crippen molar-refractivity contribution in [3.05, 3.63) is 26.5 Å². The molecule has 2 rings (SSSR count). The van der Waals surface area contributed by atoms with E-state index in [0.29, 0.717) is 3.57 Å². The third kappa shape index (κ3) is 3.59. The van der Waals surface area contributed by atoms with Crippen LogP contribution in [0, 0.1) is 15.3 Å². The van der Waals surface area contributed by atoms with Crippen molar-refractivity contribution in [2.75, 3.05) is 17.2 Å². The molecule has 1 aliphatic rings. The molecule has 1 atom stereocenters. The zero-order chi connectivity index (χ0) is 15.1. The van der Waals surface area contributed by atoms with Gasteiger partial charge in [-0.15, -0.1) is 3.89 Å². The molecule has 1 aromatic rings. The molecule has 1 amide bonds. The number of amides is 1. The summed E-state index contributed by atoms with van der Waals surface area (Å²) in [6.45, 7) is -0.0312. The highest BCUT2D eigenvalue weighted by atomic mass is 127.